The van der Waals surface area contributed by atoms with Gasteiger partial charge in [0.05, 0.1) is 25.6 Å². The van der Waals surface area contributed by atoms with Gasteiger partial charge in [-0.25, -0.2) is 19.5 Å². The fraction of sp³-hybridized carbons (Fsp3) is 0.353. The lowest BCUT2D eigenvalue weighted by Gasteiger charge is -2.21. The van der Waals surface area contributed by atoms with Crippen LogP contribution in [-0.4, -0.2) is 38.6 Å². The molecule has 1 unspecified atom stereocenters. The highest BCUT2D eigenvalue weighted by Gasteiger charge is 2.27. The predicted octanol–water partition coefficient (Wildman–Crippen LogP) is 3.84. The van der Waals surface area contributed by atoms with E-state index in [9.17, 15) is 4.57 Å². The van der Waals surface area contributed by atoms with Crippen LogP contribution in [0.4, 0.5) is 5.82 Å². The predicted molar refractivity (Wildman–Crippen MR) is 109 cm³/mol. The van der Waals surface area contributed by atoms with Gasteiger partial charge in [0.2, 0.25) is 0 Å². The van der Waals surface area contributed by atoms with Gasteiger partial charge < -0.3 is 19.6 Å². The molecule has 0 radical (unpaired) electrons. The lowest BCUT2D eigenvalue weighted by Crippen LogP contribution is -2.18. The van der Waals surface area contributed by atoms with E-state index in [2.05, 4.69) is 30.9 Å². The molecular formula is C17H21BrN5O4P. The number of halogens is 1. The van der Waals surface area contributed by atoms with E-state index in [1.54, 1.807) is 42.1 Å². The van der Waals surface area contributed by atoms with Gasteiger partial charge in [0, 0.05) is 4.47 Å². The van der Waals surface area contributed by atoms with Crippen molar-refractivity contribution >= 4 is 40.5 Å². The van der Waals surface area contributed by atoms with Gasteiger partial charge in [-0.2, -0.15) is 0 Å². The fourth-order valence-electron chi connectivity index (χ4n) is 2.52. The van der Waals surface area contributed by atoms with Gasteiger partial charge in [0.1, 0.15) is 17.6 Å². The third-order valence-electron chi connectivity index (χ3n) is 3.78. The van der Waals surface area contributed by atoms with E-state index < -0.39 is 7.60 Å². The molecule has 0 saturated heterocycles. The van der Waals surface area contributed by atoms with Crippen LogP contribution in [0.5, 0.6) is 5.75 Å². The molecule has 2 aromatic heterocycles. The van der Waals surface area contributed by atoms with E-state index in [-0.39, 0.29) is 19.1 Å². The summed E-state index contributed by atoms with van der Waals surface area (Å²) in [6.07, 6.45) is 2.53. The molecule has 2 atom stereocenters. The second-order valence-electron chi connectivity index (χ2n) is 6.01. The van der Waals surface area contributed by atoms with Crippen molar-refractivity contribution in [1.82, 2.24) is 19.5 Å². The van der Waals surface area contributed by atoms with E-state index in [0.717, 1.165) is 4.47 Å². The molecule has 28 heavy (non-hydrogen) atoms. The Bertz CT molecular complexity index is 981. The summed E-state index contributed by atoms with van der Waals surface area (Å²) in [5.41, 5.74) is 6.95. The Morgan fingerprint density at radius 2 is 2.00 bits per heavy atom. The number of rotatable bonds is 9. The van der Waals surface area contributed by atoms with Crippen molar-refractivity contribution in [1.29, 1.82) is 0 Å². The van der Waals surface area contributed by atoms with Crippen LogP contribution >= 0.6 is 23.5 Å². The molecule has 9 nitrogen and oxygen atoms in total. The first kappa shape index (κ1) is 20.7. The monoisotopic (exact) mass is 469 g/mol. The SMILES string of the molecule is CCOP(=O)(CO[C@H](C)Cn1cnc2c(N)ncnc21)Oc1ccc(Br)cc1. The van der Waals surface area contributed by atoms with Crippen molar-refractivity contribution in [2.45, 2.75) is 26.5 Å². The molecular weight excluding hydrogens is 449 g/mol. The zero-order valence-electron chi connectivity index (χ0n) is 15.5. The average Bonchev–Trinajstić information content (AvgIpc) is 3.07. The molecule has 0 spiro atoms. The first-order valence-corrected chi connectivity index (χ1v) is 11.1. The van der Waals surface area contributed by atoms with Crippen molar-refractivity contribution in [3.8, 4) is 5.75 Å². The fourth-order valence-corrected chi connectivity index (χ4v) is 4.24. The van der Waals surface area contributed by atoms with Crippen LogP contribution in [0.1, 0.15) is 13.8 Å². The number of hydrogen-bond donors (Lipinski definition) is 1. The van der Waals surface area contributed by atoms with E-state index in [1.807, 2.05) is 6.92 Å². The number of ether oxygens (including phenoxy) is 1. The van der Waals surface area contributed by atoms with Crippen LogP contribution in [0.2, 0.25) is 0 Å². The van der Waals surface area contributed by atoms with Crippen LogP contribution in [-0.2, 0) is 20.4 Å². The van der Waals surface area contributed by atoms with Gasteiger partial charge in [0.15, 0.2) is 17.8 Å². The Hall–Kier alpha value is -2.00. The summed E-state index contributed by atoms with van der Waals surface area (Å²) in [5.74, 6) is 0.769. The maximum absolute atomic E-state index is 13.0. The summed E-state index contributed by atoms with van der Waals surface area (Å²) in [5, 5.41) is 0. The zero-order valence-corrected chi connectivity index (χ0v) is 18.0. The van der Waals surface area contributed by atoms with Crippen LogP contribution < -0.4 is 10.3 Å². The topological polar surface area (TPSA) is 114 Å². The highest BCUT2D eigenvalue weighted by Crippen LogP contribution is 2.48. The Balaban J connectivity index is 1.64. The molecule has 3 aromatic rings. The maximum Gasteiger partial charge on any atom is 0.404 e. The minimum atomic E-state index is -3.46. The molecule has 2 heterocycles. The second kappa shape index (κ2) is 9.00. The molecule has 0 aliphatic carbocycles. The lowest BCUT2D eigenvalue weighted by atomic mass is 10.3. The van der Waals surface area contributed by atoms with Crippen molar-refractivity contribution in [2.24, 2.45) is 0 Å². The van der Waals surface area contributed by atoms with Crippen LogP contribution in [0.3, 0.4) is 0 Å². The van der Waals surface area contributed by atoms with Crippen molar-refractivity contribution in [3.63, 3.8) is 0 Å². The van der Waals surface area contributed by atoms with Gasteiger partial charge >= 0.3 is 7.60 Å². The minimum Gasteiger partial charge on any atom is -0.423 e. The average molecular weight is 470 g/mol. The van der Waals surface area contributed by atoms with Gasteiger partial charge in [-0.1, -0.05) is 15.9 Å². The van der Waals surface area contributed by atoms with Crippen molar-refractivity contribution < 1.29 is 18.3 Å². The molecule has 0 bridgehead atoms. The Morgan fingerprint density at radius 3 is 2.71 bits per heavy atom. The van der Waals surface area contributed by atoms with Crippen molar-refractivity contribution in [2.75, 3.05) is 18.7 Å². The van der Waals surface area contributed by atoms with Gasteiger partial charge in [-0.15, -0.1) is 0 Å². The molecule has 0 aliphatic heterocycles. The van der Waals surface area contributed by atoms with Gasteiger partial charge in [-0.3, -0.25) is 4.52 Å². The largest absolute Gasteiger partial charge is 0.423 e. The zero-order chi connectivity index (χ0) is 20.1. The van der Waals surface area contributed by atoms with Crippen LogP contribution in [0.25, 0.3) is 11.2 Å². The summed E-state index contributed by atoms with van der Waals surface area (Å²) in [6.45, 7) is 4.29. The van der Waals surface area contributed by atoms with Crippen LogP contribution in [0, 0.1) is 0 Å². The number of hydrogen-bond acceptors (Lipinski definition) is 8. The molecule has 2 N–H and O–H groups in total. The Kier molecular flexibility index (Phi) is 6.66. The van der Waals surface area contributed by atoms with E-state index in [4.69, 9.17) is 19.5 Å². The van der Waals surface area contributed by atoms with Gasteiger partial charge in [0.25, 0.3) is 0 Å². The molecule has 0 fully saturated rings. The first-order chi connectivity index (χ1) is 13.4. The quantitative estimate of drug-likeness (QED) is 0.470. The number of aromatic nitrogens is 4. The van der Waals surface area contributed by atoms with E-state index in [1.165, 1.54) is 6.33 Å². The van der Waals surface area contributed by atoms with E-state index in [0.29, 0.717) is 29.3 Å². The molecule has 11 heteroatoms. The third kappa shape index (κ3) is 5.08. The molecule has 150 valence electrons. The number of fused-ring (bicyclic) bond motifs is 1. The molecule has 0 aliphatic rings. The molecule has 0 amide bonds. The molecule has 0 saturated carbocycles. The normalized spacial score (nSPS) is 14.7. The van der Waals surface area contributed by atoms with Crippen LogP contribution in [0.15, 0.2) is 41.4 Å². The standard InChI is InChI=1S/C17H21BrN5O4P/c1-3-26-28(24,27-14-6-4-13(18)5-7-14)11-25-12(2)8-23-10-22-15-16(19)20-9-21-17(15)23/h4-7,9-10,12H,3,8,11H2,1-2H3,(H2,19,20,21)/t12-,28?/m1/s1. The van der Waals surface area contributed by atoms with Gasteiger partial charge in [-0.05, 0) is 38.1 Å². The number of benzene rings is 1. The third-order valence-corrected chi connectivity index (χ3v) is 5.92. The maximum atomic E-state index is 13.0. The Morgan fingerprint density at radius 1 is 1.25 bits per heavy atom. The molecule has 1 aromatic carbocycles. The Labute approximate surface area is 170 Å². The smallest absolute Gasteiger partial charge is 0.404 e. The number of nitrogens with two attached hydrogens (primary N) is 1. The van der Waals surface area contributed by atoms with E-state index >= 15 is 0 Å². The first-order valence-electron chi connectivity index (χ1n) is 8.62. The van der Waals surface area contributed by atoms with Crippen molar-refractivity contribution in [3.05, 3.63) is 41.4 Å². The number of nitrogen functional groups attached to an aromatic ring is 1. The summed E-state index contributed by atoms with van der Waals surface area (Å²) >= 11 is 3.35. The highest BCUT2D eigenvalue weighted by molar-refractivity contribution is 9.10. The summed E-state index contributed by atoms with van der Waals surface area (Å²) in [6, 6.07) is 7.02. The lowest BCUT2D eigenvalue weighted by molar-refractivity contribution is 0.0734. The second-order valence-corrected chi connectivity index (χ2v) is 8.84. The molecule has 3 rings (SSSR count). The summed E-state index contributed by atoms with van der Waals surface area (Å²) < 4.78 is 32.4. The summed E-state index contributed by atoms with van der Waals surface area (Å²) in [7, 11) is -3.46. The number of nitrogens with zero attached hydrogens (tertiary/aromatic N) is 4. The number of imidazole rings is 1. The number of anilines is 1. The highest BCUT2D eigenvalue weighted by atomic mass is 79.9. The summed E-state index contributed by atoms with van der Waals surface area (Å²) in [4.78, 5) is 12.3. The minimum absolute atomic E-state index is 0.179.